The second-order valence-corrected chi connectivity index (χ2v) is 23.0. The van der Waals surface area contributed by atoms with E-state index < -0.39 is 0 Å². The van der Waals surface area contributed by atoms with Gasteiger partial charge in [0.15, 0.2) is 34.4 Å². The van der Waals surface area contributed by atoms with Crippen molar-refractivity contribution in [3.8, 4) is 33.8 Å². The monoisotopic (exact) mass is 1280 g/mol. The predicted octanol–water partition coefficient (Wildman–Crippen LogP) is 6.03. The van der Waals surface area contributed by atoms with Gasteiger partial charge in [0.05, 0.1) is 105 Å². The summed E-state index contributed by atoms with van der Waals surface area (Å²) in [7, 11) is 0. The first-order valence-corrected chi connectivity index (χ1v) is 31.3. The van der Waals surface area contributed by atoms with Crippen molar-refractivity contribution in [3.63, 3.8) is 0 Å². The van der Waals surface area contributed by atoms with Crippen LogP contribution in [0, 0.1) is 0 Å². The first-order valence-electron chi connectivity index (χ1n) is 31.3. The number of carbonyl (C=O) groups is 3. The lowest BCUT2D eigenvalue weighted by Crippen LogP contribution is -2.37. The number of morpholine rings is 3. The van der Waals surface area contributed by atoms with E-state index >= 15 is 0 Å². The van der Waals surface area contributed by atoms with Gasteiger partial charge in [-0.25, -0.2) is 58.4 Å². The molecule has 0 saturated carbocycles. The summed E-state index contributed by atoms with van der Waals surface area (Å²) in [4.78, 5) is 82.6. The summed E-state index contributed by atoms with van der Waals surface area (Å²) in [5.41, 5.74) is 15.6. The molecule has 0 spiro atoms. The summed E-state index contributed by atoms with van der Waals surface area (Å²) in [6.45, 7) is 11.0. The first kappa shape index (κ1) is 58.9. The minimum Gasteiger partial charge on any atom is -0.378 e. The van der Waals surface area contributed by atoms with Gasteiger partial charge in [0.2, 0.25) is 5.95 Å². The van der Waals surface area contributed by atoms with E-state index in [1.165, 1.54) is 24.7 Å². The maximum atomic E-state index is 11.8. The van der Waals surface area contributed by atoms with Gasteiger partial charge < -0.3 is 60.8 Å². The van der Waals surface area contributed by atoms with Crippen LogP contribution in [0.3, 0.4) is 0 Å². The summed E-state index contributed by atoms with van der Waals surface area (Å²) < 4.78 is 21.4. The van der Waals surface area contributed by atoms with Crippen LogP contribution >= 0.6 is 0 Å². The average molecular weight is 1290 g/mol. The van der Waals surface area contributed by atoms with Gasteiger partial charge in [0.1, 0.15) is 24.8 Å². The molecule has 0 radical (unpaired) electrons. The van der Waals surface area contributed by atoms with Gasteiger partial charge in [0.25, 0.3) is 17.7 Å². The van der Waals surface area contributed by atoms with E-state index in [0.29, 0.717) is 90.0 Å². The molecule has 96 heavy (non-hydrogen) atoms. The Morgan fingerprint density at radius 1 is 0.365 bits per heavy atom. The number of rotatable bonds is 12. The highest BCUT2D eigenvalue weighted by atomic mass is 16.5. The lowest BCUT2D eigenvalue weighted by molar-refractivity contribution is 0.0957. The summed E-state index contributed by atoms with van der Waals surface area (Å²) in [5, 5.41) is 31.6. The summed E-state index contributed by atoms with van der Waals surface area (Å²) in [5.74, 6) is 3.26. The molecular formula is C66H60N24O6. The van der Waals surface area contributed by atoms with E-state index in [2.05, 4.69) is 119 Å². The van der Waals surface area contributed by atoms with Crippen LogP contribution in [-0.4, -0.2) is 170 Å². The second kappa shape index (κ2) is 25.7. The van der Waals surface area contributed by atoms with E-state index in [0.717, 1.165) is 139 Å². The molecule has 8 aromatic heterocycles. The molecule has 6 aliphatic rings. The topological polar surface area (TPSA) is 329 Å². The molecule has 30 nitrogen and oxygen atoms in total. The maximum absolute atomic E-state index is 11.8. The van der Waals surface area contributed by atoms with Crippen LogP contribution in [0.25, 0.3) is 50.7 Å². The number of hydrogen-bond acceptors (Lipinski definition) is 24. The number of anilines is 9. The molecular weight excluding hydrogens is 1220 g/mol. The molecule has 6 N–H and O–H groups in total. The van der Waals surface area contributed by atoms with Gasteiger partial charge in [-0.1, -0.05) is 18.2 Å². The Morgan fingerprint density at radius 3 is 1.18 bits per heavy atom. The Bertz CT molecular complexity index is 4420. The molecule has 6 aliphatic heterocycles. The van der Waals surface area contributed by atoms with Gasteiger partial charge in [-0.05, 0) is 89.5 Å². The first-order chi connectivity index (χ1) is 47.3. The lowest BCUT2D eigenvalue weighted by atomic mass is 10.0. The lowest BCUT2D eigenvalue weighted by Gasteiger charge is -2.28. The summed E-state index contributed by atoms with van der Waals surface area (Å²) in [6, 6.07) is 29.5. The standard InChI is InChI=1S/C23H21N7O2.C22H20N8O2.C21H19N9O2/c31-23-19-6-1-15(11-16(19)12-25-23)20-13-24-21(22-26-14-27-30(20)22)28-17-2-4-18(5-3-17)29-7-9-32-10-8-29;31-22-17-3-1-14(9-15(17)10-25-22)18-12-24-20(21-26-13-27-30(18)21)28-16-2-4-19(23-11-16)29-5-7-32-8-6-29;31-20-16-2-1-13(7-14(16)8-23-20)17-11-22-18(19-26-12-27-30(17)19)28-15-9-24-21(25-10-15)29-3-5-32-6-4-29/h1-6,11,13-14H,7-10,12H2,(H,24,28)(H,25,31);1-4,9,11-13H,5-8,10H2,(H,24,28)(H,25,31);1-2,7,9-12H,3-6,8H2,(H,22,28)(H,23,31). The van der Waals surface area contributed by atoms with Gasteiger partial charge in [-0.2, -0.15) is 15.3 Å². The number of pyridine rings is 1. The third kappa shape index (κ3) is 11.8. The third-order valence-electron chi connectivity index (χ3n) is 17.2. The molecule has 4 aromatic carbocycles. The second-order valence-electron chi connectivity index (χ2n) is 23.0. The molecule has 30 heteroatoms. The Hall–Kier alpha value is -12.2. The Kier molecular flexibility index (Phi) is 15.8. The Balaban J connectivity index is 0.000000113. The highest BCUT2D eigenvalue weighted by Crippen LogP contribution is 2.32. The zero-order chi connectivity index (χ0) is 64.5. The molecule has 12 aromatic rings. The van der Waals surface area contributed by atoms with Crippen LogP contribution in [0.15, 0.2) is 147 Å². The van der Waals surface area contributed by atoms with Crippen molar-refractivity contribution in [3.05, 3.63) is 181 Å². The van der Waals surface area contributed by atoms with Crippen LogP contribution < -0.4 is 46.6 Å². The number of carbonyl (C=O) groups excluding carboxylic acids is 3. The summed E-state index contributed by atoms with van der Waals surface area (Å²) in [6.07, 6.45) is 15.0. The van der Waals surface area contributed by atoms with Crippen LogP contribution in [0.4, 0.5) is 52.0 Å². The molecule has 18 rings (SSSR count). The quantitative estimate of drug-likeness (QED) is 0.0813. The van der Waals surface area contributed by atoms with Crippen molar-refractivity contribution in [2.24, 2.45) is 0 Å². The van der Waals surface area contributed by atoms with Crippen molar-refractivity contribution < 1.29 is 28.6 Å². The maximum Gasteiger partial charge on any atom is 0.251 e. The molecule has 0 unspecified atom stereocenters. The number of nitrogens with one attached hydrogen (secondary N) is 6. The molecule has 3 amide bonds. The van der Waals surface area contributed by atoms with Gasteiger partial charge in [0, 0.05) is 104 Å². The highest BCUT2D eigenvalue weighted by Gasteiger charge is 2.25. The van der Waals surface area contributed by atoms with Crippen molar-refractivity contribution in [2.75, 3.05) is 110 Å². The SMILES string of the molecule is O=C1NCc2cc(-c3cnc(Nc4ccc(N5CCOCC5)cc4)c4ncnn34)ccc21.O=C1NCc2cc(-c3cnc(Nc4ccc(N5CCOCC5)nc4)c4ncnn34)ccc21.O=C1NCc2cc(-c3cnc(Nc4cnc(N5CCOCC5)nc4)c4ncnn34)ccc21. The highest BCUT2D eigenvalue weighted by molar-refractivity contribution is 6.00. The zero-order valence-electron chi connectivity index (χ0n) is 51.5. The third-order valence-corrected chi connectivity index (χ3v) is 17.2. The normalized spacial score (nSPS) is 15.6. The fourth-order valence-electron chi connectivity index (χ4n) is 12.2. The number of hydrogen-bond donors (Lipinski definition) is 6. The molecule has 480 valence electrons. The van der Waals surface area contributed by atoms with Crippen molar-refractivity contribution >= 4 is 86.6 Å². The number of amides is 3. The minimum atomic E-state index is -0.0445. The zero-order valence-corrected chi connectivity index (χ0v) is 51.5. The van der Waals surface area contributed by atoms with Crippen LogP contribution in [-0.2, 0) is 33.8 Å². The van der Waals surface area contributed by atoms with Crippen molar-refractivity contribution in [2.45, 2.75) is 19.6 Å². The molecule has 3 fully saturated rings. The van der Waals surface area contributed by atoms with Gasteiger partial charge in [-0.3, -0.25) is 14.4 Å². The summed E-state index contributed by atoms with van der Waals surface area (Å²) >= 11 is 0. The van der Waals surface area contributed by atoms with E-state index in [4.69, 9.17) is 14.2 Å². The number of ether oxygens (including phenoxy) is 3. The van der Waals surface area contributed by atoms with Crippen LogP contribution in [0.1, 0.15) is 47.8 Å². The minimum absolute atomic E-state index is 0.0326. The van der Waals surface area contributed by atoms with Gasteiger partial charge >= 0.3 is 0 Å². The number of fused-ring (bicyclic) bond motifs is 6. The largest absolute Gasteiger partial charge is 0.378 e. The molecule has 3 saturated heterocycles. The fraction of sp³-hybridized carbons (Fsp3) is 0.227. The van der Waals surface area contributed by atoms with E-state index in [1.807, 2.05) is 78.9 Å². The van der Waals surface area contributed by atoms with E-state index in [9.17, 15) is 14.4 Å². The number of nitrogens with zero attached hydrogens (tertiary/aromatic N) is 18. The Morgan fingerprint density at radius 2 is 0.750 bits per heavy atom. The molecule has 0 atom stereocenters. The van der Waals surface area contributed by atoms with Crippen LogP contribution in [0.2, 0.25) is 0 Å². The van der Waals surface area contributed by atoms with Crippen molar-refractivity contribution in [1.82, 2.24) is 89.6 Å². The molecule has 0 aliphatic carbocycles. The van der Waals surface area contributed by atoms with Crippen LogP contribution in [0.5, 0.6) is 0 Å². The molecule has 14 heterocycles. The average Bonchev–Trinajstić information content (AvgIpc) is 1.64. The number of benzene rings is 4. The van der Waals surface area contributed by atoms with E-state index in [-0.39, 0.29) is 17.7 Å². The van der Waals surface area contributed by atoms with Gasteiger partial charge in [-0.15, -0.1) is 0 Å². The molecule has 0 bridgehead atoms. The van der Waals surface area contributed by atoms with E-state index in [1.54, 1.807) is 50.7 Å². The number of aromatic nitrogens is 15. The fourth-order valence-corrected chi connectivity index (χ4v) is 12.2. The Labute approximate surface area is 546 Å². The van der Waals surface area contributed by atoms with Crippen molar-refractivity contribution in [1.29, 1.82) is 0 Å². The smallest absolute Gasteiger partial charge is 0.251 e. The predicted molar refractivity (Wildman–Crippen MR) is 354 cm³/mol.